The fourth-order valence-electron chi connectivity index (χ4n) is 1.94. The molecule has 1 heterocycles. The van der Waals surface area contributed by atoms with Gasteiger partial charge in [0.1, 0.15) is 13.2 Å². The summed E-state index contributed by atoms with van der Waals surface area (Å²) in [5.74, 6) is 1.44. The van der Waals surface area contributed by atoms with E-state index in [1.807, 2.05) is 31.2 Å². The third-order valence-electron chi connectivity index (χ3n) is 2.85. The monoisotopic (exact) mass is 266 g/mol. The average Bonchev–Trinajstić information content (AvgIpc) is 2.44. The van der Waals surface area contributed by atoms with E-state index in [1.54, 1.807) is 0 Å². The molecule has 0 saturated carbocycles. The molecule has 2 N–H and O–H groups in total. The van der Waals surface area contributed by atoms with Crippen LogP contribution >= 0.6 is 0 Å². The van der Waals surface area contributed by atoms with Crippen LogP contribution in [-0.2, 0) is 9.53 Å². The Kier molecular flexibility index (Phi) is 5.03. The van der Waals surface area contributed by atoms with E-state index >= 15 is 0 Å². The molecular formula is C14H20NO4+. The van der Waals surface area contributed by atoms with Gasteiger partial charge in [-0.3, -0.25) is 4.79 Å². The summed E-state index contributed by atoms with van der Waals surface area (Å²) in [6.45, 7) is 4.28. The molecule has 0 saturated heterocycles. The minimum atomic E-state index is -0.148. The molecule has 0 fully saturated rings. The Morgan fingerprint density at radius 3 is 3.00 bits per heavy atom. The first-order valence-electron chi connectivity index (χ1n) is 6.65. The number of quaternary nitrogens is 1. The second-order valence-corrected chi connectivity index (χ2v) is 4.37. The zero-order chi connectivity index (χ0) is 13.5. The lowest BCUT2D eigenvalue weighted by atomic mass is 10.2. The smallest absolute Gasteiger partial charge is 0.311 e. The molecular weight excluding hydrogens is 246 g/mol. The van der Waals surface area contributed by atoms with E-state index < -0.39 is 0 Å². The Morgan fingerprint density at radius 2 is 2.21 bits per heavy atom. The number of rotatable bonds is 6. The van der Waals surface area contributed by atoms with E-state index in [4.69, 9.17) is 14.2 Å². The van der Waals surface area contributed by atoms with Gasteiger partial charge in [-0.2, -0.15) is 0 Å². The first-order valence-corrected chi connectivity index (χ1v) is 6.65. The Hall–Kier alpha value is -1.75. The predicted octanol–water partition coefficient (Wildman–Crippen LogP) is 0.343. The maximum atomic E-state index is 11.2. The summed E-state index contributed by atoms with van der Waals surface area (Å²) in [7, 11) is 0. The first-order chi connectivity index (χ1) is 9.29. The highest BCUT2D eigenvalue weighted by Gasteiger charge is 2.21. The van der Waals surface area contributed by atoms with Gasteiger partial charge >= 0.3 is 5.97 Å². The van der Waals surface area contributed by atoms with Crippen molar-refractivity contribution in [2.75, 3.05) is 26.3 Å². The van der Waals surface area contributed by atoms with Crippen molar-refractivity contribution in [2.24, 2.45) is 0 Å². The van der Waals surface area contributed by atoms with Crippen molar-refractivity contribution in [1.29, 1.82) is 0 Å². The van der Waals surface area contributed by atoms with Gasteiger partial charge in [0.05, 0.1) is 19.6 Å². The molecule has 0 bridgehead atoms. The summed E-state index contributed by atoms with van der Waals surface area (Å²) in [6, 6.07) is 7.65. The molecule has 5 heteroatoms. The van der Waals surface area contributed by atoms with Gasteiger partial charge in [0.15, 0.2) is 17.6 Å². The van der Waals surface area contributed by atoms with Crippen molar-refractivity contribution in [3.8, 4) is 11.5 Å². The van der Waals surface area contributed by atoms with Gasteiger partial charge in [0, 0.05) is 0 Å². The SMILES string of the molecule is CCOC(=O)CC[NH2+]C[C@@H]1COc2ccccc2O1. The first kappa shape index (κ1) is 13.7. The molecule has 0 aliphatic carbocycles. The molecule has 1 aromatic rings. The molecule has 5 nitrogen and oxygen atoms in total. The van der Waals surface area contributed by atoms with Crippen molar-refractivity contribution in [3.63, 3.8) is 0 Å². The maximum Gasteiger partial charge on any atom is 0.311 e. The van der Waals surface area contributed by atoms with Gasteiger partial charge in [-0.15, -0.1) is 0 Å². The minimum Gasteiger partial charge on any atom is -0.486 e. The highest BCUT2D eigenvalue weighted by molar-refractivity contribution is 5.69. The molecule has 0 spiro atoms. The van der Waals surface area contributed by atoms with Gasteiger partial charge in [0.2, 0.25) is 0 Å². The number of esters is 1. The lowest BCUT2D eigenvalue weighted by Gasteiger charge is -2.25. The quantitative estimate of drug-likeness (QED) is 0.596. The molecule has 1 aliphatic rings. The number of carbonyl (C=O) groups excluding carboxylic acids is 1. The summed E-state index contributed by atoms with van der Waals surface area (Å²) in [6.07, 6.45) is 0.454. The number of ether oxygens (including phenoxy) is 3. The van der Waals surface area contributed by atoms with Crippen molar-refractivity contribution in [3.05, 3.63) is 24.3 Å². The van der Waals surface area contributed by atoms with Crippen molar-refractivity contribution < 1.29 is 24.3 Å². The number of nitrogens with two attached hydrogens (primary N) is 1. The van der Waals surface area contributed by atoms with Crippen LogP contribution in [0.2, 0.25) is 0 Å². The molecule has 1 atom stereocenters. The highest BCUT2D eigenvalue weighted by Crippen LogP contribution is 2.30. The fraction of sp³-hybridized carbons (Fsp3) is 0.500. The van der Waals surface area contributed by atoms with E-state index in [2.05, 4.69) is 5.32 Å². The van der Waals surface area contributed by atoms with Crippen LogP contribution < -0.4 is 14.8 Å². The van der Waals surface area contributed by atoms with Crippen LogP contribution in [0.15, 0.2) is 24.3 Å². The third-order valence-corrected chi connectivity index (χ3v) is 2.85. The van der Waals surface area contributed by atoms with Crippen LogP contribution in [0.1, 0.15) is 13.3 Å². The molecule has 2 rings (SSSR count). The van der Waals surface area contributed by atoms with E-state index in [-0.39, 0.29) is 12.1 Å². The number of hydrogen-bond donors (Lipinski definition) is 1. The van der Waals surface area contributed by atoms with Gasteiger partial charge in [-0.25, -0.2) is 0 Å². The van der Waals surface area contributed by atoms with Crippen molar-refractivity contribution in [1.82, 2.24) is 0 Å². The fourth-order valence-corrected chi connectivity index (χ4v) is 1.94. The number of para-hydroxylation sites is 2. The van der Waals surface area contributed by atoms with Crippen LogP contribution in [0.4, 0.5) is 0 Å². The van der Waals surface area contributed by atoms with Gasteiger partial charge in [-0.1, -0.05) is 12.1 Å². The molecule has 19 heavy (non-hydrogen) atoms. The minimum absolute atomic E-state index is 0.0251. The number of hydrogen-bond acceptors (Lipinski definition) is 4. The second-order valence-electron chi connectivity index (χ2n) is 4.37. The third kappa shape index (κ3) is 4.13. The predicted molar refractivity (Wildman–Crippen MR) is 69.3 cm³/mol. The normalized spacial score (nSPS) is 17.0. The number of carbonyl (C=O) groups is 1. The Balaban J connectivity index is 1.67. The lowest BCUT2D eigenvalue weighted by molar-refractivity contribution is -0.659. The topological polar surface area (TPSA) is 61.4 Å². The van der Waals surface area contributed by atoms with E-state index in [0.717, 1.165) is 18.0 Å². The van der Waals surface area contributed by atoms with E-state index in [0.29, 0.717) is 26.2 Å². The van der Waals surface area contributed by atoms with E-state index in [1.165, 1.54) is 0 Å². The molecule has 0 unspecified atom stereocenters. The van der Waals surface area contributed by atoms with Crippen molar-refractivity contribution >= 4 is 5.97 Å². The molecule has 1 aromatic carbocycles. The lowest BCUT2D eigenvalue weighted by Crippen LogP contribution is -2.87. The molecule has 0 aromatic heterocycles. The van der Waals surface area contributed by atoms with Crippen molar-refractivity contribution in [2.45, 2.75) is 19.4 Å². The largest absolute Gasteiger partial charge is 0.486 e. The van der Waals surface area contributed by atoms with Crippen LogP contribution in [-0.4, -0.2) is 38.4 Å². The van der Waals surface area contributed by atoms with Gasteiger partial charge in [0.25, 0.3) is 0 Å². The van der Waals surface area contributed by atoms with Crippen LogP contribution in [0.25, 0.3) is 0 Å². The molecule has 104 valence electrons. The molecule has 1 aliphatic heterocycles. The Bertz CT molecular complexity index is 422. The summed E-state index contributed by atoms with van der Waals surface area (Å²) in [4.78, 5) is 11.2. The van der Waals surface area contributed by atoms with Gasteiger partial charge in [-0.05, 0) is 19.1 Å². The summed E-state index contributed by atoms with van der Waals surface area (Å²) >= 11 is 0. The Morgan fingerprint density at radius 1 is 1.42 bits per heavy atom. The van der Waals surface area contributed by atoms with E-state index in [9.17, 15) is 4.79 Å². The van der Waals surface area contributed by atoms with Crippen LogP contribution in [0, 0.1) is 0 Å². The number of fused-ring (bicyclic) bond motifs is 1. The summed E-state index contributed by atoms with van der Waals surface area (Å²) in [5, 5.41) is 2.05. The molecule has 0 radical (unpaired) electrons. The van der Waals surface area contributed by atoms with Gasteiger partial charge < -0.3 is 19.5 Å². The second kappa shape index (κ2) is 6.99. The standard InChI is InChI=1S/C14H19NO4/c1-2-17-14(16)7-8-15-9-11-10-18-12-5-3-4-6-13(12)19-11/h3-6,11,15H,2,7-10H2,1H3/p+1/t11-/m1/s1. The molecule has 0 amide bonds. The zero-order valence-corrected chi connectivity index (χ0v) is 11.1. The zero-order valence-electron chi connectivity index (χ0n) is 11.1. The average molecular weight is 266 g/mol. The maximum absolute atomic E-state index is 11.2. The summed E-state index contributed by atoms with van der Waals surface area (Å²) < 4.78 is 16.3. The Labute approximate surface area is 112 Å². The highest BCUT2D eigenvalue weighted by atomic mass is 16.6. The summed E-state index contributed by atoms with van der Waals surface area (Å²) in [5.41, 5.74) is 0. The van der Waals surface area contributed by atoms with Crippen LogP contribution in [0.3, 0.4) is 0 Å². The number of benzene rings is 1. The van der Waals surface area contributed by atoms with Crippen LogP contribution in [0.5, 0.6) is 11.5 Å².